The molecule has 0 spiro atoms. The summed E-state index contributed by atoms with van der Waals surface area (Å²) < 4.78 is 5.95. The molecule has 104 valence electrons. The number of halogens is 1. The van der Waals surface area contributed by atoms with Gasteiger partial charge >= 0.3 is 5.97 Å². The fraction of sp³-hybridized carbons (Fsp3) is 0.214. The number of hydrogen-bond donors (Lipinski definition) is 1. The Kier molecular flexibility index (Phi) is 4.35. The predicted molar refractivity (Wildman–Crippen MR) is 83.4 cm³/mol. The second-order valence-corrected chi connectivity index (χ2v) is 5.64. The molecule has 0 saturated heterocycles. The third-order valence-corrected chi connectivity index (χ3v) is 3.73. The summed E-state index contributed by atoms with van der Waals surface area (Å²) in [6.45, 7) is 3.77. The van der Waals surface area contributed by atoms with E-state index < -0.39 is 5.97 Å². The molecule has 1 aromatic heterocycles. The number of methoxy groups -OCH3 is 1. The van der Waals surface area contributed by atoms with Gasteiger partial charge in [-0.2, -0.15) is 0 Å². The summed E-state index contributed by atoms with van der Waals surface area (Å²) in [4.78, 5) is 19.1. The zero-order valence-electron chi connectivity index (χ0n) is 11.3. The van der Waals surface area contributed by atoms with E-state index in [1.54, 1.807) is 6.92 Å². The van der Waals surface area contributed by atoms with Gasteiger partial charge < -0.3 is 9.72 Å². The first-order valence-electron chi connectivity index (χ1n) is 5.89. The molecule has 2 aromatic rings. The number of aryl methyl sites for hydroxylation is 2. The number of carbonyl (C=O) groups excluding carboxylic acids is 1. The van der Waals surface area contributed by atoms with E-state index in [9.17, 15) is 4.79 Å². The number of aromatic amines is 1. The van der Waals surface area contributed by atoms with Crippen molar-refractivity contribution in [3.05, 3.63) is 44.1 Å². The molecule has 0 bridgehead atoms. The molecular formula is C14H13BrN2O2S. The van der Waals surface area contributed by atoms with E-state index in [2.05, 4.69) is 25.9 Å². The number of nitrogens with zero attached hydrogens (tertiary/aromatic N) is 1. The quantitative estimate of drug-likeness (QED) is 0.656. The van der Waals surface area contributed by atoms with Crippen LogP contribution in [-0.2, 0) is 4.74 Å². The second kappa shape index (κ2) is 5.85. The molecule has 0 amide bonds. The lowest BCUT2D eigenvalue weighted by Crippen LogP contribution is -2.09. The Morgan fingerprint density at radius 2 is 2.10 bits per heavy atom. The monoisotopic (exact) mass is 352 g/mol. The molecule has 0 aliphatic carbocycles. The van der Waals surface area contributed by atoms with Gasteiger partial charge in [-0.1, -0.05) is 28.1 Å². The van der Waals surface area contributed by atoms with Gasteiger partial charge in [-0.05, 0) is 37.6 Å². The molecule has 0 saturated carbocycles. The van der Waals surface area contributed by atoms with E-state index in [-0.39, 0.29) is 4.64 Å². The lowest BCUT2D eigenvalue weighted by atomic mass is 10.1. The molecule has 6 heteroatoms. The smallest absolute Gasteiger partial charge is 0.342 e. The third kappa shape index (κ3) is 2.81. The van der Waals surface area contributed by atoms with Crippen LogP contribution < -0.4 is 0 Å². The molecule has 1 N–H and O–H groups in total. The highest BCUT2D eigenvalue weighted by Gasteiger charge is 2.15. The van der Waals surface area contributed by atoms with Gasteiger partial charge in [-0.3, -0.25) is 0 Å². The van der Waals surface area contributed by atoms with Crippen LogP contribution >= 0.6 is 28.1 Å². The van der Waals surface area contributed by atoms with E-state index >= 15 is 0 Å². The highest BCUT2D eigenvalue weighted by Crippen LogP contribution is 2.24. The Morgan fingerprint density at radius 3 is 2.65 bits per heavy atom. The van der Waals surface area contributed by atoms with Gasteiger partial charge in [0.15, 0.2) is 0 Å². The summed E-state index contributed by atoms with van der Waals surface area (Å²) in [7, 11) is 1.32. The van der Waals surface area contributed by atoms with Crippen molar-refractivity contribution in [1.82, 2.24) is 9.97 Å². The molecule has 0 aliphatic heterocycles. The minimum absolute atomic E-state index is 0.241. The SMILES string of the molecule is COC(=O)c1c(C)[nH]c(-c2ccc(Br)cc2C)nc1=S. The van der Waals surface area contributed by atoms with Crippen LogP contribution in [0, 0.1) is 18.5 Å². The van der Waals surface area contributed by atoms with Gasteiger partial charge in [0, 0.05) is 15.7 Å². The fourth-order valence-corrected chi connectivity index (χ4v) is 2.75. The van der Waals surface area contributed by atoms with Crippen LogP contribution in [0.3, 0.4) is 0 Å². The van der Waals surface area contributed by atoms with Crippen molar-refractivity contribution in [1.29, 1.82) is 0 Å². The average molecular weight is 353 g/mol. The van der Waals surface area contributed by atoms with Gasteiger partial charge in [-0.15, -0.1) is 0 Å². The molecule has 2 rings (SSSR count). The number of carbonyl (C=O) groups is 1. The van der Waals surface area contributed by atoms with Crippen molar-refractivity contribution in [3.8, 4) is 11.4 Å². The first-order chi connectivity index (χ1) is 9.43. The fourth-order valence-electron chi connectivity index (χ4n) is 1.95. The van der Waals surface area contributed by atoms with Crippen molar-refractivity contribution < 1.29 is 9.53 Å². The summed E-state index contributed by atoms with van der Waals surface area (Å²) >= 11 is 8.62. The summed E-state index contributed by atoms with van der Waals surface area (Å²) in [5.74, 6) is 0.167. The normalized spacial score (nSPS) is 10.4. The molecule has 1 aromatic carbocycles. The zero-order valence-corrected chi connectivity index (χ0v) is 13.7. The summed E-state index contributed by atoms with van der Waals surface area (Å²) in [6, 6.07) is 5.88. The largest absolute Gasteiger partial charge is 0.465 e. The van der Waals surface area contributed by atoms with Crippen molar-refractivity contribution in [2.24, 2.45) is 0 Å². The summed E-state index contributed by atoms with van der Waals surface area (Å²) in [5, 5.41) is 0. The number of rotatable bonds is 2. The second-order valence-electron chi connectivity index (χ2n) is 4.34. The number of hydrogen-bond acceptors (Lipinski definition) is 4. The summed E-state index contributed by atoms with van der Waals surface area (Å²) in [5.41, 5.74) is 2.96. The van der Waals surface area contributed by atoms with Gasteiger partial charge in [-0.25, -0.2) is 9.78 Å². The standard InChI is InChI=1S/C14H13BrN2O2S/c1-7-6-9(15)4-5-10(7)12-16-8(2)11(13(20)17-12)14(18)19-3/h4-6H,1-3H3,(H,16,17,20). The molecule has 0 fully saturated rings. The first kappa shape index (κ1) is 14.9. The maximum atomic E-state index is 11.7. The topological polar surface area (TPSA) is 55.0 Å². The molecule has 0 radical (unpaired) electrons. The number of nitrogens with one attached hydrogen (secondary N) is 1. The Labute approximate surface area is 130 Å². The van der Waals surface area contributed by atoms with Crippen LogP contribution in [0.4, 0.5) is 0 Å². The Morgan fingerprint density at radius 1 is 1.40 bits per heavy atom. The number of H-pyrrole nitrogens is 1. The lowest BCUT2D eigenvalue weighted by Gasteiger charge is -2.10. The molecule has 4 nitrogen and oxygen atoms in total. The van der Waals surface area contributed by atoms with Crippen molar-refractivity contribution in [3.63, 3.8) is 0 Å². The van der Waals surface area contributed by atoms with Crippen molar-refractivity contribution in [2.75, 3.05) is 7.11 Å². The molecule has 0 aliphatic rings. The van der Waals surface area contributed by atoms with Crippen LogP contribution in [0.25, 0.3) is 11.4 Å². The lowest BCUT2D eigenvalue weighted by molar-refractivity contribution is 0.0598. The van der Waals surface area contributed by atoms with Crippen LogP contribution in [-0.4, -0.2) is 23.0 Å². The van der Waals surface area contributed by atoms with Gasteiger partial charge in [0.2, 0.25) is 0 Å². The van der Waals surface area contributed by atoms with Gasteiger partial charge in [0.1, 0.15) is 16.0 Å². The van der Waals surface area contributed by atoms with E-state index in [4.69, 9.17) is 17.0 Å². The molecule has 0 unspecified atom stereocenters. The Balaban J connectivity index is 2.61. The van der Waals surface area contributed by atoms with E-state index in [1.165, 1.54) is 7.11 Å². The number of benzene rings is 1. The van der Waals surface area contributed by atoms with E-state index in [0.29, 0.717) is 17.1 Å². The average Bonchev–Trinajstić information content (AvgIpc) is 2.37. The van der Waals surface area contributed by atoms with Crippen LogP contribution in [0.2, 0.25) is 0 Å². The Hall–Kier alpha value is -1.53. The number of aromatic nitrogens is 2. The maximum absolute atomic E-state index is 11.7. The molecule has 20 heavy (non-hydrogen) atoms. The van der Waals surface area contributed by atoms with Crippen LogP contribution in [0.1, 0.15) is 21.6 Å². The van der Waals surface area contributed by atoms with Crippen LogP contribution in [0.5, 0.6) is 0 Å². The Bertz CT molecular complexity index is 740. The maximum Gasteiger partial charge on any atom is 0.342 e. The number of esters is 1. The summed E-state index contributed by atoms with van der Waals surface area (Å²) in [6.07, 6.45) is 0. The minimum Gasteiger partial charge on any atom is -0.465 e. The van der Waals surface area contributed by atoms with Gasteiger partial charge in [0.05, 0.1) is 7.11 Å². The van der Waals surface area contributed by atoms with Crippen LogP contribution in [0.15, 0.2) is 22.7 Å². The third-order valence-electron chi connectivity index (χ3n) is 2.94. The molecule has 0 atom stereocenters. The first-order valence-corrected chi connectivity index (χ1v) is 7.10. The molecule has 1 heterocycles. The zero-order chi connectivity index (χ0) is 14.9. The van der Waals surface area contributed by atoms with E-state index in [1.807, 2.05) is 25.1 Å². The number of ether oxygens (including phenoxy) is 1. The minimum atomic E-state index is -0.477. The highest BCUT2D eigenvalue weighted by atomic mass is 79.9. The van der Waals surface area contributed by atoms with E-state index in [0.717, 1.165) is 15.6 Å². The van der Waals surface area contributed by atoms with Crippen molar-refractivity contribution >= 4 is 34.1 Å². The predicted octanol–water partition coefficient (Wildman–Crippen LogP) is 3.97. The van der Waals surface area contributed by atoms with Gasteiger partial charge in [0.25, 0.3) is 0 Å². The van der Waals surface area contributed by atoms with Crippen molar-refractivity contribution in [2.45, 2.75) is 13.8 Å². The molecular weight excluding hydrogens is 340 g/mol. The highest BCUT2D eigenvalue weighted by molar-refractivity contribution is 9.10.